The second-order valence-electron chi connectivity index (χ2n) is 4.88. The van der Waals surface area contributed by atoms with Gasteiger partial charge < -0.3 is 10.3 Å². The summed E-state index contributed by atoms with van der Waals surface area (Å²) in [5.41, 5.74) is 4.69. The number of aromatic amines is 1. The molecule has 0 spiro atoms. The Bertz CT molecular complexity index is 858. The molecule has 1 aromatic heterocycles. The van der Waals surface area contributed by atoms with E-state index >= 15 is 0 Å². The SMILES string of the molecule is O=C1Nc2ccccc2C1=Cc1ccc2[nH]ccc2c1. The molecule has 0 saturated carbocycles. The van der Waals surface area contributed by atoms with E-state index in [1.807, 2.05) is 54.7 Å². The largest absolute Gasteiger partial charge is 0.361 e. The van der Waals surface area contributed by atoms with E-state index in [0.717, 1.165) is 33.3 Å². The summed E-state index contributed by atoms with van der Waals surface area (Å²) in [5, 5.41) is 4.03. The molecule has 2 N–H and O–H groups in total. The van der Waals surface area contributed by atoms with Crippen LogP contribution in [0.25, 0.3) is 22.6 Å². The van der Waals surface area contributed by atoms with Crippen LogP contribution in [0.4, 0.5) is 5.69 Å². The van der Waals surface area contributed by atoms with Crippen LogP contribution in [0.15, 0.2) is 54.7 Å². The van der Waals surface area contributed by atoms with Crippen molar-refractivity contribution < 1.29 is 4.79 Å². The van der Waals surface area contributed by atoms with Crippen LogP contribution in [0, 0.1) is 0 Å². The molecule has 0 saturated heterocycles. The third-order valence-corrected chi connectivity index (χ3v) is 3.60. The average molecular weight is 260 g/mol. The van der Waals surface area contributed by atoms with Crippen molar-refractivity contribution in [1.29, 1.82) is 0 Å². The summed E-state index contributed by atoms with van der Waals surface area (Å²) in [4.78, 5) is 15.2. The number of hydrogen-bond donors (Lipinski definition) is 2. The molecule has 0 radical (unpaired) electrons. The molecule has 2 heterocycles. The second kappa shape index (κ2) is 4.10. The lowest BCUT2D eigenvalue weighted by atomic mass is 10.0. The Kier molecular flexibility index (Phi) is 2.27. The van der Waals surface area contributed by atoms with Crippen LogP contribution in [-0.2, 0) is 4.79 Å². The monoisotopic (exact) mass is 260 g/mol. The molecule has 1 aliphatic rings. The molecule has 1 aliphatic heterocycles. The zero-order valence-electron chi connectivity index (χ0n) is 10.7. The molecule has 20 heavy (non-hydrogen) atoms. The molecule has 0 fully saturated rings. The van der Waals surface area contributed by atoms with Crippen LogP contribution in [0.5, 0.6) is 0 Å². The Hall–Kier alpha value is -2.81. The van der Waals surface area contributed by atoms with Gasteiger partial charge in [0.1, 0.15) is 0 Å². The van der Waals surface area contributed by atoms with Crippen LogP contribution in [0.2, 0.25) is 0 Å². The number of aromatic nitrogens is 1. The van der Waals surface area contributed by atoms with Crippen LogP contribution in [0.3, 0.4) is 0 Å². The third-order valence-electron chi connectivity index (χ3n) is 3.60. The molecule has 1 amide bonds. The highest BCUT2D eigenvalue weighted by Crippen LogP contribution is 2.32. The van der Waals surface area contributed by atoms with Crippen molar-refractivity contribution >= 4 is 34.1 Å². The van der Waals surface area contributed by atoms with E-state index in [1.54, 1.807) is 0 Å². The lowest BCUT2D eigenvalue weighted by Gasteiger charge is -1.99. The Balaban J connectivity index is 1.85. The van der Waals surface area contributed by atoms with Crippen LogP contribution >= 0.6 is 0 Å². The van der Waals surface area contributed by atoms with E-state index in [4.69, 9.17) is 0 Å². The van der Waals surface area contributed by atoms with Crippen LogP contribution < -0.4 is 5.32 Å². The number of carbonyl (C=O) groups excluding carboxylic acids is 1. The summed E-state index contributed by atoms with van der Waals surface area (Å²) in [5.74, 6) is -0.0413. The van der Waals surface area contributed by atoms with Crippen LogP contribution in [-0.4, -0.2) is 10.9 Å². The van der Waals surface area contributed by atoms with Gasteiger partial charge in [-0.15, -0.1) is 0 Å². The number of amides is 1. The number of benzene rings is 2. The highest BCUT2D eigenvalue weighted by atomic mass is 16.2. The highest BCUT2D eigenvalue weighted by Gasteiger charge is 2.23. The van der Waals surface area contributed by atoms with Crippen molar-refractivity contribution in [2.24, 2.45) is 0 Å². The van der Waals surface area contributed by atoms with E-state index in [0.29, 0.717) is 0 Å². The molecule has 3 heteroatoms. The van der Waals surface area contributed by atoms with Gasteiger partial charge in [0.15, 0.2) is 0 Å². The van der Waals surface area contributed by atoms with Gasteiger partial charge in [-0.2, -0.15) is 0 Å². The molecule has 0 unspecified atom stereocenters. The van der Waals surface area contributed by atoms with Crippen molar-refractivity contribution in [1.82, 2.24) is 4.98 Å². The number of para-hydroxylation sites is 1. The first-order valence-corrected chi connectivity index (χ1v) is 6.51. The minimum atomic E-state index is -0.0413. The Labute approximate surface area is 115 Å². The fraction of sp³-hybridized carbons (Fsp3) is 0. The second-order valence-corrected chi connectivity index (χ2v) is 4.88. The standard InChI is InChI=1S/C17H12N2O/c20-17-14(13-3-1-2-4-16(13)19-17)10-11-5-6-15-12(9-11)7-8-18-15/h1-10,18H,(H,19,20). The van der Waals surface area contributed by atoms with Gasteiger partial charge in [0.2, 0.25) is 0 Å². The smallest absolute Gasteiger partial charge is 0.256 e. The molecular formula is C17H12N2O. The topological polar surface area (TPSA) is 44.9 Å². The van der Waals surface area contributed by atoms with Gasteiger partial charge in [0.25, 0.3) is 5.91 Å². The maximum absolute atomic E-state index is 12.1. The van der Waals surface area contributed by atoms with Gasteiger partial charge in [-0.05, 0) is 41.3 Å². The van der Waals surface area contributed by atoms with Crippen molar-refractivity contribution in [3.8, 4) is 0 Å². The lowest BCUT2D eigenvalue weighted by molar-refractivity contribution is -0.110. The van der Waals surface area contributed by atoms with E-state index in [2.05, 4.69) is 16.4 Å². The van der Waals surface area contributed by atoms with Crippen molar-refractivity contribution in [2.45, 2.75) is 0 Å². The number of hydrogen-bond acceptors (Lipinski definition) is 1. The molecule has 4 rings (SSSR count). The zero-order valence-corrected chi connectivity index (χ0v) is 10.7. The Morgan fingerprint density at radius 3 is 2.85 bits per heavy atom. The number of rotatable bonds is 1. The third kappa shape index (κ3) is 1.64. The molecule has 2 aromatic carbocycles. The number of nitrogens with one attached hydrogen (secondary N) is 2. The quantitative estimate of drug-likeness (QED) is 0.644. The predicted molar refractivity (Wildman–Crippen MR) is 81.2 cm³/mol. The maximum atomic E-state index is 12.1. The predicted octanol–water partition coefficient (Wildman–Crippen LogP) is 3.66. The fourth-order valence-electron chi connectivity index (χ4n) is 2.61. The number of anilines is 1. The van der Waals surface area contributed by atoms with Gasteiger partial charge in [0, 0.05) is 28.5 Å². The Morgan fingerprint density at radius 1 is 1.00 bits per heavy atom. The minimum absolute atomic E-state index is 0.0413. The number of fused-ring (bicyclic) bond motifs is 2. The summed E-state index contributed by atoms with van der Waals surface area (Å²) in [6.07, 6.45) is 3.85. The highest BCUT2D eigenvalue weighted by molar-refractivity contribution is 6.34. The van der Waals surface area contributed by atoms with Gasteiger partial charge in [0.05, 0.1) is 0 Å². The minimum Gasteiger partial charge on any atom is -0.361 e. The molecule has 0 aliphatic carbocycles. The first-order chi connectivity index (χ1) is 9.81. The number of H-pyrrole nitrogens is 1. The molecule has 3 aromatic rings. The lowest BCUT2D eigenvalue weighted by Crippen LogP contribution is -2.03. The van der Waals surface area contributed by atoms with E-state index in [1.165, 1.54) is 0 Å². The summed E-state index contributed by atoms with van der Waals surface area (Å²) in [7, 11) is 0. The molecule has 96 valence electrons. The van der Waals surface area contributed by atoms with Crippen molar-refractivity contribution in [3.05, 3.63) is 65.9 Å². The molecule has 0 atom stereocenters. The van der Waals surface area contributed by atoms with Gasteiger partial charge in [-0.25, -0.2) is 0 Å². The summed E-state index contributed by atoms with van der Waals surface area (Å²) < 4.78 is 0. The van der Waals surface area contributed by atoms with Crippen LogP contribution in [0.1, 0.15) is 11.1 Å². The van der Waals surface area contributed by atoms with E-state index in [-0.39, 0.29) is 5.91 Å². The molecule has 3 nitrogen and oxygen atoms in total. The normalized spacial score (nSPS) is 15.6. The van der Waals surface area contributed by atoms with Crippen molar-refractivity contribution in [2.75, 3.05) is 5.32 Å². The molecular weight excluding hydrogens is 248 g/mol. The van der Waals surface area contributed by atoms with Crippen molar-refractivity contribution in [3.63, 3.8) is 0 Å². The first kappa shape index (κ1) is 11.1. The first-order valence-electron chi connectivity index (χ1n) is 6.51. The zero-order chi connectivity index (χ0) is 13.5. The number of carbonyl (C=O) groups is 1. The fourth-order valence-corrected chi connectivity index (χ4v) is 2.61. The van der Waals surface area contributed by atoms with Gasteiger partial charge in [-0.3, -0.25) is 4.79 Å². The summed E-state index contributed by atoms with van der Waals surface area (Å²) in [6.45, 7) is 0. The van der Waals surface area contributed by atoms with E-state index in [9.17, 15) is 4.79 Å². The maximum Gasteiger partial charge on any atom is 0.256 e. The van der Waals surface area contributed by atoms with Gasteiger partial charge >= 0.3 is 0 Å². The van der Waals surface area contributed by atoms with E-state index < -0.39 is 0 Å². The summed E-state index contributed by atoms with van der Waals surface area (Å²) >= 11 is 0. The van der Waals surface area contributed by atoms with Gasteiger partial charge in [-0.1, -0.05) is 24.3 Å². The summed E-state index contributed by atoms with van der Waals surface area (Å²) in [6, 6.07) is 15.9. The Morgan fingerprint density at radius 2 is 1.90 bits per heavy atom. The average Bonchev–Trinajstić information content (AvgIpc) is 3.04. The molecule has 0 bridgehead atoms.